The highest BCUT2D eigenvalue weighted by Gasteiger charge is 2.02. The van der Waals surface area contributed by atoms with E-state index in [2.05, 4.69) is 6.07 Å². The number of hydrogen-bond acceptors (Lipinski definition) is 2. The lowest BCUT2D eigenvalue weighted by atomic mass is 10.0. The van der Waals surface area contributed by atoms with Crippen molar-refractivity contribution >= 4 is 0 Å². The molecule has 0 spiro atoms. The molecule has 1 rings (SSSR count). The van der Waals surface area contributed by atoms with E-state index >= 15 is 0 Å². The Morgan fingerprint density at radius 1 is 1.50 bits per heavy atom. The fourth-order valence-electron chi connectivity index (χ4n) is 1.22. The molecule has 2 heteroatoms. The van der Waals surface area contributed by atoms with Crippen molar-refractivity contribution in [2.45, 2.75) is 13.3 Å². The summed E-state index contributed by atoms with van der Waals surface area (Å²) in [6.07, 6.45) is 0.560. The van der Waals surface area contributed by atoms with E-state index in [4.69, 9.17) is 10.4 Å². The molecule has 0 bridgehead atoms. The minimum absolute atomic E-state index is 0.0954. The molecule has 0 saturated carbocycles. The van der Waals surface area contributed by atoms with E-state index in [9.17, 15) is 0 Å². The van der Waals surface area contributed by atoms with Gasteiger partial charge in [0, 0.05) is 6.61 Å². The molecule has 0 radical (unpaired) electrons. The Kier molecular flexibility index (Phi) is 2.84. The number of rotatable bonds is 2. The fraction of sp³-hybridized carbons (Fsp3) is 0.300. The first-order valence-electron chi connectivity index (χ1n) is 3.89. The van der Waals surface area contributed by atoms with Crippen molar-refractivity contribution in [1.29, 1.82) is 5.26 Å². The van der Waals surface area contributed by atoms with Crippen LogP contribution in [0.1, 0.15) is 16.7 Å². The average Bonchev–Trinajstić information content (AvgIpc) is 2.05. The van der Waals surface area contributed by atoms with Gasteiger partial charge in [0.15, 0.2) is 0 Å². The lowest BCUT2D eigenvalue weighted by Gasteiger charge is -2.03. The van der Waals surface area contributed by atoms with Gasteiger partial charge in [0.1, 0.15) is 0 Å². The van der Waals surface area contributed by atoms with Crippen molar-refractivity contribution in [3.8, 4) is 6.07 Å². The molecule has 1 aromatic rings. The highest BCUT2D eigenvalue weighted by atomic mass is 16.2. The summed E-state index contributed by atoms with van der Waals surface area (Å²) in [5, 5.41) is 17.5. The smallest absolute Gasteiger partial charge is 0.0997 e. The van der Waals surface area contributed by atoms with Crippen LogP contribution in [0.5, 0.6) is 0 Å². The van der Waals surface area contributed by atoms with E-state index in [0.29, 0.717) is 12.0 Å². The SMILES string of the molecule is Cc1cccc(CCO)c1C#N. The molecule has 0 unspecified atom stereocenters. The van der Waals surface area contributed by atoms with Crippen LogP contribution in [0.15, 0.2) is 18.2 Å². The average molecular weight is 161 g/mol. The second-order valence-corrected chi connectivity index (χ2v) is 2.69. The van der Waals surface area contributed by atoms with Crippen molar-refractivity contribution < 1.29 is 5.11 Å². The molecule has 0 saturated heterocycles. The molecule has 1 aromatic carbocycles. The monoisotopic (exact) mass is 161 g/mol. The normalized spacial score (nSPS) is 9.42. The summed E-state index contributed by atoms with van der Waals surface area (Å²) in [6.45, 7) is 2.00. The lowest BCUT2D eigenvalue weighted by Crippen LogP contribution is -1.96. The molecule has 0 heterocycles. The Morgan fingerprint density at radius 2 is 2.25 bits per heavy atom. The fourth-order valence-corrected chi connectivity index (χ4v) is 1.22. The van der Waals surface area contributed by atoms with Crippen LogP contribution in [-0.4, -0.2) is 11.7 Å². The summed E-state index contributed by atoms with van der Waals surface area (Å²) < 4.78 is 0. The van der Waals surface area contributed by atoms with Gasteiger partial charge in [-0.15, -0.1) is 0 Å². The van der Waals surface area contributed by atoms with Gasteiger partial charge in [0.25, 0.3) is 0 Å². The molecule has 2 nitrogen and oxygen atoms in total. The van der Waals surface area contributed by atoms with Crippen molar-refractivity contribution in [3.05, 3.63) is 34.9 Å². The zero-order valence-electron chi connectivity index (χ0n) is 7.04. The van der Waals surface area contributed by atoms with Crippen LogP contribution in [0.4, 0.5) is 0 Å². The molecule has 0 aliphatic heterocycles. The lowest BCUT2D eigenvalue weighted by molar-refractivity contribution is 0.299. The van der Waals surface area contributed by atoms with Crippen molar-refractivity contribution in [2.24, 2.45) is 0 Å². The molecule has 1 N–H and O–H groups in total. The predicted molar refractivity (Wildman–Crippen MR) is 46.7 cm³/mol. The molecular weight excluding hydrogens is 150 g/mol. The van der Waals surface area contributed by atoms with Gasteiger partial charge in [-0.05, 0) is 24.5 Å². The Morgan fingerprint density at radius 3 is 2.83 bits per heavy atom. The molecule has 0 aromatic heterocycles. The van der Waals surface area contributed by atoms with E-state index in [0.717, 1.165) is 11.1 Å². The van der Waals surface area contributed by atoms with Crippen LogP contribution in [0.25, 0.3) is 0 Å². The molecule has 12 heavy (non-hydrogen) atoms. The van der Waals surface area contributed by atoms with Crippen LogP contribution < -0.4 is 0 Å². The first kappa shape index (κ1) is 8.76. The third-order valence-corrected chi connectivity index (χ3v) is 1.85. The number of aliphatic hydroxyl groups is 1. The summed E-state index contributed by atoms with van der Waals surface area (Å²) in [6, 6.07) is 7.82. The quantitative estimate of drug-likeness (QED) is 0.712. The third-order valence-electron chi connectivity index (χ3n) is 1.85. The first-order valence-corrected chi connectivity index (χ1v) is 3.89. The zero-order valence-corrected chi connectivity index (χ0v) is 7.04. The van der Waals surface area contributed by atoms with Gasteiger partial charge in [-0.2, -0.15) is 5.26 Å². The highest BCUT2D eigenvalue weighted by Crippen LogP contribution is 2.12. The summed E-state index contributed by atoms with van der Waals surface area (Å²) in [5.74, 6) is 0. The molecule has 0 fully saturated rings. The van der Waals surface area contributed by atoms with Crippen molar-refractivity contribution in [2.75, 3.05) is 6.61 Å². The van der Waals surface area contributed by atoms with E-state index < -0.39 is 0 Å². The van der Waals surface area contributed by atoms with Gasteiger partial charge in [-0.3, -0.25) is 0 Å². The molecule has 0 aliphatic carbocycles. The van der Waals surface area contributed by atoms with Crippen LogP contribution in [0, 0.1) is 18.3 Å². The van der Waals surface area contributed by atoms with E-state index in [1.807, 2.05) is 25.1 Å². The summed E-state index contributed by atoms with van der Waals surface area (Å²) >= 11 is 0. The Labute approximate surface area is 72.1 Å². The molecule has 0 amide bonds. The molecule has 0 aliphatic rings. The maximum absolute atomic E-state index is 8.79. The number of hydrogen-bond donors (Lipinski definition) is 1. The van der Waals surface area contributed by atoms with E-state index in [1.54, 1.807) is 0 Å². The van der Waals surface area contributed by atoms with Gasteiger partial charge >= 0.3 is 0 Å². The standard InChI is InChI=1S/C10H11NO/c1-8-3-2-4-9(5-6-12)10(8)7-11/h2-4,12H,5-6H2,1H3. The Bertz CT molecular complexity index is 312. The van der Waals surface area contributed by atoms with E-state index in [1.165, 1.54) is 0 Å². The highest BCUT2D eigenvalue weighted by molar-refractivity contribution is 5.43. The Hall–Kier alpha value is -1.33. The number of nitrogens with zero attached hydrogens (tertiary/aromatic N) is 1. The number of aliphatic hydroxyl groups excluding tert-OH is 1. The van der Waals surface area contributed by atoms with Gasteiger partial charge in [-0.1, -0.05) is 18.2 Å². The topological polar surface area (TPSA) is 44.0 Å². The third kappa shape index (κ3) is 1.63. The van der Waals surface area contributed by atoms with Gasteiger partial charge < -0.3 is 5.11 Å². The number of nitriles is 1. The first-order chi connectivity index (χ1) is 5.79. The molecule has 0 atom stereocenters. The second kappa shape index (κ2) is 3.89. The van der Waals surface area contributed by atoms with Crippen molar-refractivity contribution in [1.82, 2.24) is 0 Å². The maximum atomic E-state index is 8.79. The maximum Gasteiger partial charge on any atom is 0.0997 e. The summed E-state index contributed by atoms with van der Waals surface area (Å²) in [7, 11) is 0. The summed E-state index contributed by atoms with van der Waals surface area (Å²) in [4.78, 5) is 0. The number of aryl methyl sites for hydroxylation is 1. The van der Waals surface area contributed by atoms with Gasteiger partial charge in [0.2, 0.25) is 0 Å². The Balaban J connectivity index is 3.11. The zero-order chi connectivity index (χ0) is 8.97. The van der Waals surface area contributed by atoms with Crippen molar-refractivity contribution in [3.63, 3.8) is 0 Å². The minimum atomic E-state index is 0.0954. The summed E-state index contributed by atoms with van der Waals surface area (Å²) in [5.41, 5.74) is 2.61. The second-order valence-electron chi connectivity index (χ2n) is 2.69. The predicted octanol–water partition coefficient (Wildman–Crippen LogP) is 1.40. The van der Waals surface area contributed by atoms with Crippen LogP contribution in [0.2, 0.25) is 0 Å². The van der Waals surface area contributed by atoms with Gasteiger partial charge in [0.05, 0.1) is 11.6 Å². The van der Waals surface area contributed by atoms with Crippen LogP contribution in [-0.2, 0) is 6.42 Å². The van der Waals surface area contributed by atoms with Gasteiger partial charge in [-0.25, -0.2) is 0 Å². The number of benzene rings is 1. The van der Waals surface area contributed by atoms with E-state index in [-0.39, 0.29) is 6.61 Å². The molecular formula is C10H11NO. The minimum Gasteiger partial charge on any atom is -0.396 e. The largest absolute Gasteiger partial charge is 0.396 e. The van der Waals surface area contributed by atoms with Crippen LogP contribution in [0.3, 0.4) is 0 Å². The molecule has 62 valence electrons. The van der Waals surface area contributed by atoms with Crippen LogP contribution >= 0.6 is 0 Å².